The van der Waals surface area contributed by atoms with Gasteiger partial charge in [0, 0.05) is 26.6 Å². The molecule has 1 aromatic rings. The number of ketones is 1. The van der Waals surface area contributed by atoms with Crippen molar-refractivity contribution in [3.8, 4) is 0 Å². The maximum absolute atomic E-state index is 11.9. The number of benzene rings is 1. The quantitative estimate of drug-likeness (QED) is 0.753. The van der Waals surface area contributed by atoms with Gasteiger partial charge in [0.1, 0.15) is 0 Å². The summed E-state index contributed by atoms with van der Waals surface area (Å²) in [6, 6.07) is 7.25. The third kappa shape index (κ3) is 5.13. The Morgan fingerprint density at radius 1 is 1.35 bits per heavy atom. The van der Waals surface area contributed by atoms with Crippen molar-refractivity contribution in [2.75, 3.05) is 11.5 Å². The van der Waals surface area contributed by atoms with Crippen molar-refractivity contribution in [3.05, 3.63) is 34.3 Å². The topological polar surface area (TPSA) is 34.1 Å². The van der Waals surface area contributed by atoms with Gasteiger partial charge in [0.15, 0.2) is 5.78 Å². The molecule has 0 spiro atoms. The molecule has 94 valence electrons. The Labute approximate surface area is 113 Å². The molecule has 1 atom stereocenters. The monoisotopic (exact) mass is 316 g/mol. The average molecular weight is 317 g/mol. The Hall–Kier alpha value is -0.480. The van der Waals surface area contributed by atoms with E-state index in [2.05, 4.69) is 29.8 Å². The zero-order valence-corrected chi connectivity index (χ0v) is 12.5. The van der Waals surface area contributed by atoms with Crippen LogP contribution in [0.15, 0.2) is 28.7 Å². The highest BCUT2D eigenvalue weighted by atomic mass is 79.9. The summed E-state index contributed by atoms with van der Waals surface area (Å²) in [5.41, 5.74) is 0.616. The molecule has 0 fully saturated rings. The fraction of sp³-hybridized carbons (Fsp3) is 0.462. The van der Waals surface area contributed by atoms with E-state index < -0.39 is 10.8 Å². The first-order valence-corrected chi connectivity index (χ1v) is 7.91. The van der Waals surface area contributed by atoms with Gasteiger partial charge >= 0.3 is 0 Å². The second kappa shape index (κ2) is 7.07. The molecule has 0 aliphatic rings. The van der Waals surface area contributed by atoms with Crippen molar-refractivity contribution in [2.24, 2.45) is 5.92 Å². The van der Waals surface area contributed by atoms with Gasteiger partial charge in [-0.3, -0.25) is 9.00 Å². The summed E-state index contributed by atoms with van der Waals surface area (Å²) in [5, 5.41) is 0. The molecule has 0 aromatic heterocycles. The van der Waals surface area contributed by atoms with Crippen LogP contribution in [0.5, 0.6) is 0 Å². The standard InChI is InChI=1S/C13H17BrO2S/c1-10(2)7-8-17(16)9-13(15)11-5-3-4-6-12(11)14/h3-6,10H,7-9H2,1-2H3. The van der Waals surface area contributed by atoms with Crippen molar-refractivity contribution in [2.45, 2.75) is 20.3 Å². The van der Waals surface area contributed by atoms with Gasteiger partial charge in [-0.25, -0.2) is 0 Å². The van der Waals surface area contributed by atoms with Gasteiger partial charge < -0.3 is 0 Å². The number of rotatable bonds is 6. The van der Waals surface area contributed by atoms with Gasteiger partial charge in [-0.15, -0.1) is 0 Å². The van der Waals surface area contributed by atoms with Crippen LogP contribution in [0.25, 0.3) is 0 Å². The van der Waals surface area contributed by atoms with E-state index in [1.807, 2.05) is 18.2 Å². The molecule has 0 aliphatic heterocycles. The summed E-state index contributed by atoms with van der Waals surface area (Å²) in [5.74, 6) is 1.19. The fourth-order valence-corrected chi connectivity index (χ4v) is 3.18. The Morgan fingerprint density at radius 2 is 2.00 bits per heavy atom. The Bertz CT molecular complexity index is 416. The lowest BCUT2D eigenvalue weighted by Gasteiger charge is -2.05. The van der Waals surface area contributed by atoms with Crippen molar-refractivity contribution < 1.29 is 9.00 Å². The second-order valence-electron chi connectivity index (χ2n) is 4.37. The molecule has 0 radical (unpaired) electrons. The lowest BCUT2D eigenvalue weighted by Crippen LogP contribution is -2.14. The largest absolute Gasteiger partial charge is 0.293 e. The fourth-order valence-electron chi connectivity index (χ4n) is 1.35. The van der Waals surface area contributed by atoms with Crippen LogP contribution in [0.4, 0.5) is 0 Å². The summed E-state index contributed by atoms with van der Waals surface area (Å²) in [6.45, 7) is 4.18. The third-order valence-electron chi connectivity index (χ3n) is 2.39. The van der Waals surface area contributed by atoms with E-state index in [1.165, 1.54) is 0 Å². The minimum absolute atomic E-state index is 0.0560. The molecule has 17 heavy (non-hydrogen) atoms. The lowest BCUT2D eigenvalue weighted by atomic mass is 10.1. The molecule has 0 saturated carbocycles. The molecule has 1 aromatic carbocycles. The summed E-state index contributed by atoms with van der Waals surface area (Å²) in [6.07, 6.45) is 0.899. The molecule has 0 amide bonds. The maximum Gasteiger partial charge on any atom is 0.176 e. The predicted octanol–water partition coefficient (Wildman–Crippen LogP) is 3.43. The molecule has 0 bridgehead atoms. The summed E-state index contributed by atoms with van der Waals surface area (Å²) < 4.78 is 12.5. The smallest absolute Gasteiger partial charge is 0.176 e. The van der Waals surface area contributed by atoms with Crippen LogP contribution in [0.3, 0.4) is 0 Å². The summed E-state index contributed by atoms with van der Waals surface area (Å²) in [4.78, 5) is 11.9. The van der Waals surface area contributed by atoms with Crippen molar-refractivity contribution in [1.29, 1.82) is 0 Å². The van der Waals surface area contributed by atoms with Gasteiger partial charge in [-0.1, -0.05) is 48.0 Å². The number of Topliss-reactive ketones (excluding diaryl/α,β-unsaturated/α-hetero) is 1. The van der Waals surface area contributed by atoms with E-state index in [9.17, 15) is 9.00 Å². The minimum Gasteiger partial charge on any atom is -0.293 e. The minimum atomic E-state index is -1.05. The van der Waals surface area contributed by atoms with E-state index in [4.69, 9.17) is 0 Å². The van der Waals surface area contributed by atoms with Gasteiger partial charge in [0.2, 0.25) is 0 Å². The first-order valence-electron chi connectivity index (χ1n) is 5.63. The Balaban J connectivity index is 2.55. The highest BCUT2D eigenvalue weighted by Gasteiger charge is 2.13. The number of carbonyl (C=O) groups is 1. The molecule has 1 rings (SSSR count). The molecular formula is C13H17BrO2S. The summed E-state index contributed by atoms with van der Waals surface area (Å²) >= 11 is 3.33. The number of carbonyl (C=O) groups excluding carboxylic acids is 1. The van der Waals surface area contributed by atoms with Crippen molar-refractivity contribution >= 4 is 32.5 Å². The van der Waals surface area contributed by atoms with E-state index >= 15 is 0 Å². The van der Waals surface area contributed by atoms with Crippen molar-refractivity contribution in [1.82, 2.24) is 0 Å². The van der Waals surface area contributed by atoms with Gasteiger partial charge in [0.25, 0.3) is 0 Å². The van der Waals surface area contributed by atoms with Crippen LogP contribution in [0, 0.1) is 5.92 Å². The number of hydrogen-bond donors (Lipinski definition) is 0. The molecule has 0 heterocycles. The second-order valence-corrected chi connectivity index (χ2v) is 6.80. The molecule has 2 nitrogen and oxygen atoms in total. The van der Waals surface area contributed by atoms with Gasteiger partial charge in [-0.2, -0.15) is 0 Å². The SMILES string of the molecule is CC(C)CCS(=O)CC(=O)c1ccccc1Br. The molecule has 4 heteroatoms. The van der Waals surface area contributed by atoms with E-state index in [-0.39, 0.29) is 11.5 Å². The van der Waals surface area contributed by atoms with Crippen LogP contribution in [0.2, 0.25) is 0 Å². The average Bonchev–Trinajstić information content (AvgIpc) is 2.26. The predicted molar refractivity (Wildman–Crippen MR) is 75.8 cm³/mol. The molecule has 0 aliphatic carbocycles. The summed E-state index contributed by atoms with van der Waals surface area (Å²) in [7, 11) is -1.05. The van der Waals surface area contributed by atoms with Gasteiger partial charge in [-0.05, 0) is 18.4 Å². The zero-order chi connectivity index (χ0) is 12.8. The third-order valence-corrected chi connectivity index (χ3v) is 4.36. The Morgan fingerprint density at radius 3 is 2.59 bits per heavy atom. The zero-order valence-electron chi connectivity index (χ0n) is 10.1. The molecule has 0 saturated heterocycles. The maximum atomic E-state index is 11.9. The molecule has 1 unspecified atom stereocenters. The number of hydrogen-bond acceptors (Lipinski definition) is 2. The normalized spacial score (nSPS) is 12.7. The first-order chi connectivity index (χ1) is 8.00. The van der Waals surface area contributed by atoms with Crippen LogP contribution in [-0.2, 0) is 10.8 Å². The van der Waals surface area contributed by atoms with E-state index in [1.54, 1.807) is 6.07 Å². The molecular weight excluding hydrogens is 300 g/mol. The van der Waals surface area contributed by atoms with E-state index in [0.717, 1.165) is 10.9 Å². The van der Waals surface area contributed by atoms with Crippen LogP contribution >= 0.6 is 15.9 Å². The Kier molecular flexibility index (Phi) is 6.06. The van der Waals surface area contributed by atoms with Crippen LogP contribution < -0.4 is 0 Å². The van der Waals surface area contributed by atoms with Gasteiger partial charge in [0.05, 0.1) is 5.75 Å². The van der Waals surface area contributed by atoms with E-state index in [0.29, 0.717) is 17.2 Å². The molecule has 0 N–H and O–H groups in total. The van der Waals surface area contributed by atoms with Crippen molar-refractivity contribution in [3.63, 3.8) is 0 Å². The lowest BCUT2D eigenvalue weighted by molar-refractivity contribution is 0.102. The van der Waals surface area contributed by atoms with Crippen LogP contribution in [0.1, 0.15) is 30.6 Å². The number of halogens is 1. The van der Waals surface area contributed by atoms with Crippen LogP contribution in [-0.4, -0.2) is 21.5 Å². The highest BCUT2D eigenvalue weighted by molar-refractivity contribution is 9.10. The first kappa shape index (κ1) is 14.6. The highest BCUT2D eigenvalue weighted by Crippen LogP contribution is 2.16.